The summed E-state index contributed by atoms with van der Waals surface area (Å²) in [5.74, 6) is 0. The van der Waals surface area contributed by atoms with Crippen LogP contribution in [0.2, 0.25) is 0 Å². The van der Waals surface area contributed by atoms with Crippen LogP contribution in [0.15, 0.2) is 35.4 Å². The largest absolute Gasteiger partial charge is 0.334 e. The first-order chi connectivity index (χ1) is 7.84. The predicted molar refractivity (Wildman–Crippen MR) is 65.6 cm³/mol. The van der Waals surface area contributed by atoms with Gasteiger partial charge in [0.05, 0.1) is 0 Å². The quantitative estimate of drug-likeness (QED) is 0.846. The first-order valence-electron chi connectivity index (χ1n) is 5.13. The van der Waals surface area contributed by atoms with E-state index >= 15 is 0 Å². The average molecular weight is 235 g/mol. The molecule has 1 aromatic rings. The minimum absolute atomic E-state index is 0.203. The zero-order chi connectivity index (χ0) is 11.2. The molecule has 2 amide bonds. The Morgan fingerprint density at radius 2 is 2.50 bits per heavy atom. The number of thiazole rings is 1. The van der Waals surface area contributed by atoms with E-state index in [1.54, 1.807) is 6.20 Å². The van der Waals surface area contributed by atoms with Crippen molar-refractivity contribution in [2.24, 2.45) is 0 Å². The van der Waals surface area contributed by atoms with Crippen molar-refractivity contribution in [2.45, 2.75) is 12.8 Å². The Morgan fingerprint density at radius 1 is 1.56 bits per heavy atom. The van der Waals surface area contributed by atoms with Crippen LogP contribution in [-0.2, 0) is 0 Å². The van der Waals surface area contributed by atoms with Crippen molar-refractivity contribution < 1.29 is 4.79 Å². The van der Waals surface area contributed by atoms with Crippen molar-refractivity contribution in [3.63, 3.8) is 0 Å². The van der Waals surface area contributed by atoms with E-state index in [0.717, 1.165) is 12.8 Å². The van der Waals surface area contributed by atoms with Gasteiger partial charge in [-0.25, -0.2) is 9.78 Å². The van der Waals surface area contributed by atoms with E-state index in [1.807, 2.05) is 17.5 Å². The third-order valence-electron chi connectivity index (χ3n) is 2.23. The molecule has 16 heavy (non-hydrogen) atoms. The summed E-state index contributed by atoms with van der Waals surface area (Å²) < 4.78 is 0. The fraction of sp³-hybridized carbons (Fsp3) is 0.273. The van der Waals surface area contributed by atoms with Gasteiger partial charge in [-0.15, -0.1) is 11.3 Å². The highest BCUT2D eigenvalue weighted by atomic mass is 32.1. The Balaban J connectivity index is 1.75. The van der Waals surface area contributed by atoms with E-state index < -0.39 is 0 Å². The summed E-state index contributed by atoms with van der Waals surface area (Å²) in [7, 11) is 0. The summed E-state index contributed by atoms with van der Waals surface area (Å²) in [5.41, 5.74) is 1.25. The molecule has 0 atom stereocenters. The summed E-state index contributed by atoms with van der Waals surface area (Å²) in [5, 5.41) is 7.92. The zero-order valence-electron chi connectivity index (χ0n) is 8.77. The van der Waals surface area contributed by atoms with E-state index in [0.29, 0.717) is 11.7 Å². The van der Waals surface area contributed by atoms with Crippen molar-refractivity contribution in [3.05, 3.63) is 35.4 Å². The predicted octanol–water partition coefficient (Wildman–Crippen LogP) is 2.54. The summed E-state index contributed by atoms with van der Waals surface area (Å²) >= 11 is 1.40. The van der Waals surface area contributed by atoms with Crippen molar-refractivity contribution in [2.75, 3.05) is 11.9 Å². The first-order valence-corrected chi connectivity index (χ1v) is 6.01. The SMILES string of the molecule is O=C(NCC1=CC=CCC1)Nc1nccs1. The van der Waals surface area contributed by atoms with Crippen LogP contribution in [-0.4, -0.2) is 17.6 Å². The van der Waals surface area contributed by atoms with Gasteiger partial charge in [0.25, 0.3) is 0 Å². The monoisotopic (exact) mass is 235 g/mol. The van der Waals surface area contributed by atoms with E-state index in [9.17, 15) is 4.79 Å². The number of rotatable bonds is 3. The lowest BCUT2D eigenvalue weighted by atomic mass is 10.1. The normalized spacial score (nSPS) is 14.4. The summed E-state index contributed by atoms with van der Waals surface area (Å²) in [4.78, 5) is 15.4. The summed E-state index contributed by atoms with van der Waals surface area (Å²) in [6.07, 6.45) is 9.94. The smallest absolute Gasteiger partial charge is 0.321 e. The van der Waals surface area contributed by atoms with Gasteiger partial charge < -0.3 is 5.32 Å². The number of hydrogen-bond acceptors (Lipinski definition) is 3. The molecule has 0 bridgehead atoms. The van der Waals surface area contributed by atoms with Crippen LogP contribution < -0.4 is 10.6 Å². The number of aromatic nitrogens is 1. The molecule has 0 saturated carbocycles. The zero-order valence-corrected chi connectivity index (χ0v) is 9.59. The van der Waals surface area contributed by atoms with Gasteiger partial charge in [-0.05, 0) is 12.8 Å². The topological polar surface area (TPSA) is 54.0 Å². The molecule has 0 spiro atoms. The molecule has 1 aliphatic rings. The van der Waals surface area contributed by atoms with Gasteiger partial charge in [0.15, 0.2) is 5.13 Å². The van der Waals surface area contributed by atoms with E-state index in [2.05, 4.69) is 21.7 Å². The molecule has 84 valence electrons. The van der Waals surface area contributed by atoms with Crippen LogP contribution in [0.4, 0.5) is 9.93 Å². The Hall–Kier alpha value is -1.62. The second kappa shape index (κ2) is 5.46. The molecule has 4 nitrogen and oxygen atoms in total. The second-order valence-electron chi connectivity index (χ2n) is 3.44. The van der Waals surface area contributed by atoms with Crippen LogP contribution in [0.1, 0.15) is 12.8 Å². The van der Waals surface area contributed by atoms with Gasteiger partial charge in [-0.3, -0.25) is 5.32 Å². The Labute approximate surface area is 98.1 Å². The standard InChI is InChI=1S/C11H13N3OS/c15-10(14-11-12-6-7-16-11)13-8-9-4-2-1-3-5-9/h1-2,4,6-7H,3,5,8H2,(H2,12,13,14,15). The van der Waals surface area contributed by atoms with E-state index in [4.69, 9.17) is 0 Å². The summed E-state index contributed by atoms with van der Waals surface area (Å²) in [6.45, 7) is 0.599. The molecule has 1 heterocycles. The third-order valence-corrected chi connectivity index (χ3v) is 2.92. The van der Waals surface area contributed by atoms with Crippen LogP contribution in [0.3, 0.4) is 0 Å². The van der Waals surface area contributed by atoms with Crippen LogP contribution in [0.5, 0.6) is 0 Å². The van der Waals surface area contributed by atoms with E-state index in [1.165, 1.54) is 16.9 Å². The van der Waals surface area contributed by atoms with Gasteiger partial charge in [0, 0.05) is 18.1 Å². The average Bonchev–Trinajstić information content (AvgIpc) is 2.81. The highest BCUT2D eigenvalue weighted by Crippen LogP contribution is 2.11. The van der Waals surface area contributed by atoms with Gasteiger partial charge in [0.2, 0.25) is 0 Å². The summed E-state index contributed by atoms with van der Waals surface area (Å²) in [6, 6.07) is -0.203. The van der Waals surface area contributed by atoms with Gasteiger partial charge in [-0.2, -0.15) is 0 Å². The molecule has 1 aromatic heterocycles. The fourth-order valence-electron chi connectivity index (χ4n) is 1.42. The minimum atomic E-state index is -0.203. The van der Waals surface area contributed by atoms with E-state index in [-0.39, 0.29) is 6.03 Å². The maximum Gasteiger partial charge on any atom is 0.321 e. The number of nitrogens with one attached hydrogen (secondary N) is 2. The van der Waals surface area contributed by atoms with Gasteiger partial charge >= 0.3 is 6.03 Å². The number of nitrogens with zero attached hydrogens (tertiary/aromatic N) is 1. The van der Waals surface area contributed by atoms with Crippen LogP contribution >= 0.6 is 11.3 Å². The highest BCUT2D eigenvalue weighted by molar-refractivity contribution is 7.13. The lowest BCUT2D eigenvalue weighted by molar-refractivity contribution is 0.252. The number of anilines is 1. The number of allylic oxidation sites excluding steroid dienone is 3. The molecule has 0 aromatic carbocycles. The molecular weight excluding hydrogens is 222 g/mol. The molecule has 2 rings (SSSR count). The number of amides is 2. The lowest BCUT2D eigenvalue weighted by Gasteiger charge is -2.10. The molecule has 0 saturated heterocycles. The third kappa shape index (κ3) is 3.20. The molecule has 5 heteroatoms. The van der Waals surface area contributed by atoms with Crippen molar-refractivity contribution in [1.29, 1.82) is 0 Å². The van der Waals surface area contributed by atoms with Gasteiger partial charge in [-0.1, -0.05) is 23.8 Å². The number of hydrogen-bond donors (Lipinski definition) is 2. The fourth-order valence-corrected chi connectivity index (χ4v) is 1.94. The van der Waals surface area contributed by atoms with Crippen LogP contribution in [0, 0.1) is 0 Å². The molecular formula is C11H13N3OS. The Morgan fingerprint density at radius 3 is 3.19 bits per heavy atom. The molecule has 0 unspecified atom stereocenters. The van der Waals surface area contributed by atoms with Crippen molar-refractivity contribution in [3.8, 4) is 0 Å². The Bertz CT molecular complexity index is 409. The van der Waals surface area contributed by atoms with Gasteiger partial charge in [0.1, 0.15) is 0 Å². The maximum absolute atomic E-state index is 11.5. The molecule has 0 aliphatic heterocycles. The number of carbonyl (C=O) groups excluding carboxylic acids is 1. The molecule has 0 radical (unpaired) electrons. The minimum Gasteiger partial charge on any atom is -0.334 e. The van der Waals surface area contributed by atoms with Crippen LogP contribution in [0.25, 0.3) is 0 Å². The molecule has 0 fully saturated rings. The van der Waals surface area contributed by atoms with Crippen molar-refractivity contribution in [1.82, 2.24) is 10.3 Å². The molecule has 2 N–H and O–H groups in total. The first kappa shape index (κ1) is 10.9. The Kier molecular flexibility index (Phi) is 3.71. The second-order valence-corrected chi connectivity index (χ2v) is 4.33. The van der Waals surface area contributed by atoms with Crippen molar-refractivity contribution >= 4 is 22.5 Å². The maximum atomic E-state index is 11.5. The molecule has 1 aliphatic carbocycles. The lowest BCUT2D eigenvalue weighted by Crippen LogP contribution is -2.30. The number of carbonyl (C=O) groups is 1. The number of urea groups is 1. The highest BCUT2D eigenvalue weighted by Gasteiger charge is 2.04.